The quantitative estimate of drug-likeness (QED) is 0.687. The Bertz CT molecular complexity index is 983. The van der Waals surface area contributed by atoms with E-state index in [1.165, 1.54) is 24.3 Å². The number of aromatic hydroxyl groups is 1. The van der Waals surface area contributed by atoms with E-state index in [0.29, 0.717) is 5.56 Å². The molecule has 3 aromatic rings. The molecule has 0 spiro atoms. The second-order valence-corrected chi connectivity index (χ2v) is 6.15. The van der Waals surface area contributed by atoms with Crippen molar-refractivity contribution in [2.75, 3.05) is 4.90 Å². The Morgan fingerprint density at radius 1 is 1.00 bits per heavy atom. The molecule has 1 aliphatic rings. The average molecular weight is 333 g/mol. The zero-order valence-corrected chi connectivity index (χ0v) is 13.6. The van der Waals surface area contributed by atoms with Gasteiger partial charge in [-0.15, -0.1) is 0 Å². The topological polar surface area (TPSA) is 40.5 Å². The highest BCUT2D eigenvalue weighted by atomic mass is 19.1. The van der Waals surface area contributed by atoms with Crippen LogP contribution < -0.4 is 4.90 Å². The van der Waals surface area contributed by atoms with Crippen LogP contribution in [0, 0.1) is 5.82 Å². The molecule has 0 fully saturated rings. The van der Waals surface area contributed by atoms with E-state index >= 15 is 0 Å². The standard InChI is InChI=1S/C21H16FNO2/c1-13-19-12-15(22)9-10-17(19)18-7-2-3-8-20(18)23(13)21(25)14-5-4-6-16(24)11-14/h2-13,24H,1H3/t13-/m1/s1. The van der Waals surface area contributed by atoms with E-state index in [2.05, 4.69) is 0 Å². The summed E-state index contributed by atoms with van der Waals surface area (Å²) in [6.45, 7) is 1.88. The van der Waals surface area contributed by atoms with Crippen LogP contribution in [0.15, 0.2) is 66.7 Å². The molecule has 4 rings (SSSR count). The number of carbonyl (C=O) groups is 1. The first-order chi connectivity index (χ1) is 12.1. The van der Waals surface area contributed by atoms with E-state index in [-0.39, 0.29) is 23.5 Å². The molecule has 0 bridgehead atoms. The number of halogens is 1. The fourth-order valence-electron chi connectivity index (χ4n) is 3.45. The molecule has 1 N–H and O–H groups in total. The van der Waals surface area contributed by atoms with Gasteiger partial charge in [-0.3, -0.25) is 4.79 Å². The highest BCUT2D eigenvalue weighted by molar-refractivity contribution is 6.10. The zero-order valence-electron chi connectivity index (χ0n) is 13.6. The lowest BCUT2D eigenvalue weighted by molar-refractivity contribution is 0.0977. The molecule has 1 heterocycles. The number of fused-ring (bicyclic) bond motifs is 3. The number of phenols is 1. The van der Waals surface area contributed by atoms with Crippen LogP contribution >= 0.6 is 0 Å². The second-order valence-electron chi connectivity index (χ2n) is 6.15. The second kappa shape index (κ2) is 5.74. The minimum atomic E-state index is -0.324. The van der Waals surface area contributed by atoms with Gasteiger partial charge >= 0.3 is 0 Å². The number of hydrogen-bond acceptors (Lipinski definition) is 2. The Kier molecular flexibility index (Phi) is 3.53. The van der Waals surface area contributed by atoms with Crippen molar-refractivity contribution in [1.29, 1.82) is 0 Å². The lowest BCUT2D eigenvalue weighted by Crippen LogP contribution is -2.36. The summed E-state index contributed by atoms with van der Waals surface area (Å²) in [6, 6.07) is 18.2. The van der Waals surface area contributed by atoms with Gasteiger partial charge in [-0.25, -0.2) is 4.39 Å². The number of anilines is 1. The van der Waals surface area contributed by atoms with Crippen LogP contribution in [0.5, 0.6) is 5.75 Å². The summed E-state index contributed by atoms with van der Waals surface area (Å²) in [5, 5.41) is 9.70. The van der Waals surface area contributed by atoms with E-state index in [1.807, 2.05) is 31.2 Å². The van der Waals surface area contributed by atoms with Gasteiger partial charge in [0.1, 0.15) is 11.6 Å². The maximum absolute atomic E-state index is 13.8. The lowest BCUT2D eigenvalue weighted by Gasteiger charge is -2.37. The van der Waals surface area contributed by atoms with Gasteiger partial charge in [0.15, 0.2) is 0 Å². The summed E-state index contributed by atoms with van der Waals surface area (Å²) in [5.74, 6) is -0.518. The van der Waals surface area contributed by atoms with E-state index in [9.17, 15) is 14.3 Å². The average Bonchev–Trinajstić information content (AvgIpc) is 2.62. The molecule has 3 nitrogen and oxygen atoms in total. The first kappa shape index (κ1) is 15.4. The van der Waals surface area contributed by atoms with E-state index < -0.39 is 0 Å². The van der Waals surface area contributed by atoms with Crippen molar-refractivity contribution >= 4 is 11.6 Å². The van der Waals surface area contributed by atoms with Crippen molar-refractivity contribution < 1.29 is 14.3 Å². The highest BCUT2D eigenvalue weighted by Gasteiger charge is 2.32. The maximum Gasteiger partial charge on any atom is 0.258 e. The molecule has 1 atom stereocenters. The maximum atomic E-state index is 13.8. The van der Waals surface area contributed by atoms with E-state index in [4.69, 9.17) is 0 Å². The van der Waals surface area contributed by atoms with Gasteiger partial charge in [0.25, 0.3) is 5.91 Å². The molecular formula is C21H16FNO2. The minimum absolute atomic E-state index is 0.0373. The molecule has 124 valence electrons. The van der Waals surface area contributed by atoms with Gasteiger partial charge < -0.3 is 10.0 Å². The van der Waals surface area contributed by atoms with Crippen LogP contribution in [-0.2, 0) is 0 Å². The summed E-state index contributed by atoms with van der Waals surface area (Å²) >= 11 is 0. The normalized spacial score (nSPS) is 15.4. The van der Waals surface area contributed by atoms with Crippen LogP contribution in [0.4, 0.5) is 10.1 Å². The number of amides is 1. The fraction of sp³-hybridized carbons (Fsp3) is 0.0952. The van der Waals surface area contributed by atoms with Crippen molar-refractivity contribution in [2.45, 2.75) is 13.0 Å². The van der Waals surface area contributed by atoms with Gasteiger partial charge in [-0.05, 0) is 54.4 Å². The molecule has 0 aliphatic carbocycles. The summed E-state index contributed by atoms with van der Waals surface area (Å²) in [6.07, 6.45) is 0. The van der Waals surface area contributed by atoms with Crippen molar-refractivity contribution in [2.24, 2.45) is 0 Å². The first-order valence-electron chi connectivity index (χ1n) is 8.07. The molecule has 4 heteroatoms. The summed E-state index contributed by atoms with van der Waals surface area (Å²) < 4.78 is 13.8. The number of rotatable bonds is 1. The Morgan fingerprint density at radius 3 is 2.60 bits per heavy atom. The number of hydrogen-bond donors (Lipinski definition) is 1. The van der Waals surface area contributed by atoms with Gasteiger partial charge in [0.2, 0.25) is 0 Å². The Labute approximate surface area is 145 Å². The molecule has 1 amide bonds. The van der Waals surface area contributed by atoms with E-state index in [0.717, 1.165) is 22.4 Å². The highest BCUT2D eigenvalue weighted by Crippen LogP contribution is 2.45. The lowest BCUT2D eigenvalue weighted by atomic mass is 9.88. The predicted molar refractivity (Wildman–Crippen MR) is 95.2 cm³/mol. The number of carbonyl (C=O) groups excluding carboxylic acids is 1. The van der Waals surface area contributed by atoms with Crippen LogP contribution in [0.1, 0.15) is 28.9 Å². The Balaban J connectivity index is 1.90. The number of phenolic OH excluding ortho intramolecular Hbond substituents is 1. The van der Waals surface area contributed by atoms with Crippen molar-refractivity contribution in [3.8, 4) is 16.9 Å². The molecule has 0 aromatic heterocycles. The molecule has 0 saturated heterocycles. The fourth-order valence-corrected chi connectivity index (χ4v) is 3.45. The summed E-state index contributed by atoms with van der Waals surface area (Å²) in [7, 11) is 0. The molecule has 3 aromatic carbocycles. The molecular weight excluding hydrogens is 317 g/mol. The predicted octanol–water partition coefficient (Wildman–Crippen LogP) is 4.92. The monoisotopic (exact) mass is 333 g/mol. The van der Waals surface area contributed by atoms with E-state index in [1.54, 1.807) is 23.1 Å². The van der Waals surface area contributed by atoms with Crippen LogP contribution in [-0.4, -0.2) is 11.0 Å². The van der Waals surface area contributed by atoms with Crippen molar-refractivity contribution in [1.82, 2.24) is 0 Å². The Morgan fingerprint density at radius 2 is 1.80 bits per heavy atom. The largest absolute Gasteiger partial charge is 0.508 e. The zero-order chi connectivity index (χ0) is 17.6. The van der Waals surface area contributed by atoms with Gasteiger partial charge in [-0.1, -0.05) is 30.3 Å². The van der Waals surface area contributed by atoms with Gasteiger partial charge in [0.05, 0.1) is 11.7 Å². The summed E-state index contributed by atoms with van der Waals surface area (Å²) in [4.78, 5) is 14.8. The molecule has 0 unspecified atom stereocenters. The summed E-state index contributed by atoms with van der Waals surface area (Å²) in [5.41, 5.74) is 3.77. The van der Waals surface area contributed by atoms with Crippen LogP contribution in [0.3, 0.4) is 0 Å². The molecule has 25 heavy (non-hydrogen) atoms. The third-order valence-corrected chi connectivity index (χ3v) is 4.62. The Hall–Kier alpha value is -3.14. The third-order valence-electron chi connectivity index (χ3n) is 4.62. The van der Waals surface area contributed by atoms with Crippen molar-refractivity contribution in [3.63, 3.8) is 0 Å². The molecule has 0 saturated carbocycles. The molecule has 0 radical (unpaired) electrons. The number of para-hydroxylation sites is 1. The smallest absolute Gasteiger partial charge is 0.258 e. The van der Waals surface area contributed by atoms with Crippen LogP contribution in [0.25, 0.3) is 11.1 Å². The third kappa shape index (κ3) is 2.47. The van der Waals surface area contributed by atoms with Crippen LogP contribution in [0.2, 0.25) is 0 Å². The number of benzene rings is 3. The van der Waals surface area contributed by atoms with Crippen molar-refractivity contribution in [3.05, 3.63) is 83.7 Å². The minimum Gasteiger partial charge on any atom is -0.508 e. The molecule has 1 aliphatic heterocycles. The number of nitrogens with zero attached hydrogens (tertiary/aromatic N) is 1. The SMILES string of the molecule is C[C@@H]1c2cc(F)ccc2-c2ccccc2N1C(=O)c1cccc(O)c1. The first-order valence-corrected chi connectivity index (χ1v) is 8.07. The van der Waals surface area contributed by atoms with Gasteiger partial charge in [0, 0.05) is 11.1 Å². The van der Waals surface area contributed by atoms with Gasteiger partial charge in [-0.2, -0.15) is 0 Å².